The molecular formula is C19H21Cl2N3O2S2. The van der Waals surface area contributed by atoms with Gasteiger partial charge in [-0.05, 0) is 31.3 Å². The van der Waals surface area contributed by atoms with Crippen LogP contribution in [-0.4, -0.2) is 49.1 Å². The highest BCUT2D eigenvalue weighted by Gasteiger charge is 2.25. The fourth-order valence-electron chi connectivity index (χ4n) is 2.89. The highest BCUT2D eigenvalue weighted by Crippen LogP contribution is 2.37. The molecular weight excluding hydrogens is 437 g/mol. The largest absolute Gasteiger partial charge is 0.494 e. The van der Waals surface area contributed by atoms with Crippen molar-refractivity contribution < 1.29 is 9.53 Å². The van der Waals surface area contributed by atoms with E-state index in [2.05, 4.69) is 18.7 Å². The summed E-state index contributed by atoms with van der Waals surface area (Å²) in [7, 11) is 1.62. The molecule has 2 heterocycles. The number of amides is 1. The molecule has 0 spiro atoms. The summed E-state index contributed by atoms with van der Waals surface area (Å²) in [6, 6.07) is 7.37. The third-order valence-electron chi connectivity index (χ3n) is 4.49. The number of carbonyl (C=O) groups is 1. The molecule has 28 heavy (non-hydrogen) atoms. The van der Waals surface area contributed by atoms with Gasteiger partial charge < -0.3 is 9.64 Å². The van der Waals surface area contributed by atoms with E-state index in [0.717, 1.165) is 29.9 Å². The number of hydrogen-bond donors (Lipinski definition) is 0. The second kappa shape index (κ2) is 9.41. The fourth-order valence-corrected chi connectivity index (χ4v) is 5.34. The van der Waals surface area contributed by atoms with Crippen LogP contribution < -0.4 is 9.64 Å². The maximum Gasteiger partial charge on any atom is 0.262 e. The van der Waals surface area contributed by atoms with Crippen molar-refractivity contribution in [3.63, 3.8) is 0 Å². The van der Waals surface area contributed by atoms with Gasteiger partial charge in [0.1, 0.15) is 15.6 Å². The summed E-state index contributed by atoms with van der Waals surface area (Å²) in [5.41, 5.74) is 1.16. The molecule has 3 rings (SSSR count). The monoisotopic (exact) mass is 457 g/mol. The van der Waals surface area contributed by atoms with E-state index in [0.29, 0.717) is 31.7 Å². The van der Waals surface area contributed by atoms with Gasteiger partial charge in [0.2, 0.25) is 0 Å². The molecule has 0 saturated heterocycles. The highest BCUT2D eigenvalue weighted by atomic mass is 35.5. The van der Waals surface area contributed by atoms with E-state index in [1.807, 2.05) is 18.2 Å². The lowest BCUT2D eigenvalue weighted by Gasteiger charge is -2.24. The van der Waals surface area contributed by atoms with E-state index in [1.54, 1.807) is 18.1 Å². The number of ether oxygens (including phenoxy) is 1. The Kier molecular flexibility index (Phi) is 7.17. The third-order valence-corrected chi connectivity index (χ3v) is 7.02. The Morgan fingerprint density at radius 2 is 1.93 bits per heavy atom. The first kappa shape index (κ1) is 21.3. The van der Waals surface area contributed by atoms with Crippen molar-refractivity contribution in [2.24, 2.45) is 0 Å². The minimum atomic E-state index is -0.196. The van der Waals surface area contributed by atoms with E-state index >= 15 is 0 Å². The first-order valence-electron chi connectivity index (χ1n) is 8.91. The molecule has 0 radical (unpaired) electrons. The van der Waals surface area contributed by atoms with E-state index in [9.17, 15) is 4.79 Å². The molecule has 0 aliphatic rings. The highest BCUT2D eigenvalue weighted by molar-refractivity contribution is 7.22. The smallest absolute Gasteiger partial charge is 0.262 e. The van der Waals surface area contributed by atoms with E-state index in [-0.39, 0.29) is 5.91 Å². The minimum Gasteiger partial charge on any atom is -0.494 e. The molecule has 0 bridgehead atoms. The second-order valence-electron chi connectivity index (χ2n) is 6.03. The minimum absolute atomic E-state index is 0.196. The summed E-state index contributed by atoms with van der Waals surface area (Å²) in [6.07, 6.45) is 0. The number of para-hydroxylation sites is 1. The molecule has 0 unspecified atom stereocenters. The topological polar surface area (TPSA) is 45.7 Å². The van der Waals surface area contributed by atoms with Crippen LogP contribution in [0.15, 0.2) is 24.3 Å². The fraction of sp³-hybridized carbons (Fsp3) is 0.368. The van der Waals surface area contributed by atoms with Crippen molar-refractivity contribution in [1.29, 1.82) is 0 Å². The summed E-state index contributed by atoms with van der Waals surface area (Å²) in [4.78, 5) is 22.0. The van der Waals surface area contributed by atoms with Gasteiger partial charge in [0.15, 0.2) is 5.13 Å². The summed E-state index contributed by atoms with van der Waals surface area (Å²) < 4.78 is 7.26. The number of rotatable bonds is 8. The molecule has 150 valence electrons. The number of carbonyl (C=O) groups excluding carboxylic acids is 1. The summed E-state index contributed by atoms with van der Waals surface area (Å²) in [5.74, 6) is 0.492. The number of hydrogen-bond acceptors (Lipinski definition) is 6. The van der Waals surface area contributed by atoms with Gasteiger partial charge in [-0.3, -0.25) is 9.69 Å². The van der Waals surface area contributed by atoms with Gasteiger partial charge in [0, 0.05) is 13.1 Å². The second-order valence-corrected chi connectivity index (χ2v) is 9.32. The Morgan fingerprint density at radius 3 is 2.54 bits per heavy atom. The van der Waals surface area contributed by atoms with Gasteiger partial charge in [0.05, 0.1) is 21.7 Å². The van der Waals surface area contributed by atoms with Crippen molar-refractivity contribution in [2.45, 2.75) is 13.8 Å². The molecule has 0 fully saturated rings. The van der Waals surface area contributed by atoms with Crippen LogP contribution in [0, 0.1) is 0 Å². The van der Waals surface area contributed by atoms with Gasteiger partial charge >= 0.3 is 0 Å². The summed E-state index contributed by atoms with van der Waals surface area (Å²) >= 11 is 15.0. The first-order valence-corrected chi connectivity index (χ1v) is 11.3. The summed E-state index contributed by atoms with van der Waals surface area (Å²) in [6.45, 7) is 7.28. The SMILES string of the molecule is CCN(CC)CCN(C(=O)c1cc(Cl)sc1Cl)c1nc2c(OC)cccc2s1. The molecule has 0 aliphatic carbocycles. The zero-order valence-electron chi connectivity index (χ0n) is 15.9. The average Bonchev–Trinajstić information content (AvgIpc) is 3.27. The van der Waals surface area contributed by atoms with Crippen molar-refractivity contribution in [3.8, 4) is 5.75 Å². The Balaban J connectivity index is 2.00. The Hall–Kier alpha value is -1.38. The van der Waals surface area contributed by atoms with E-state index in [1.165, 1.54) is 22.7 Å². The lowest BCUT2D eigenvalue weighted by atomic mass is 10.3. The number of thiazole rings is 1. The van der Waals surface area contributed by atoms with Gasteiger partial charge in [-0.25, -0.2) is 4.98 Å². The predicted molar refractivity (Wildman–Crippen MR) is 120 cm³/mol. The maximum absolute atomic E-state index is 13.3. The molecule has 0 saturated carbocycles. The van der Waals surface area contributed by atoms with Crippen molar-refractivity contribution in [2.75, 3.05) is 38.2 Å². The van der Waals surface area contributed by atoms with E-state index < -0.39 is 0 Å². The van der Waals surface area contributed by atoms with Gasteiger partial charge in [-0.1, -0.05) is 54.5 Å². The number of halogens is 2. The number of likely N-dealkylation sites (N-methyl/N-ethyl adjacent to an activating group) is 1. The maximum atomic E-state index is 13.3. The van der Waals surface area contributed by atoms with Crippen LogP contribution in [0.4, 0.5) is 5.13 Å². The molecule has 0 aliphatic heterocycles. The predicted octanol–water partition coefficient (Wildman–Crippen LogP) is 5.66. The number of benzene rings is 1. The number of fused-ring (bicyclic) bond motifs is 1. The zero-order valence-corrected chi connectivity index (χ0v) is 19.0. The third kappa shape index (κ3) is 4.44. The van der Waals surface area contributed by atoms with Crippen LogP contribution in [0.2, 0.25) is 8.67 Å². The Morgan fingerprint density at radius 1 is 1.18 bits per heavy atom. The number of nitrogens with zero attached hydrogens (tertiary/aromatic N) is 3. The van der Waals surface area contributed by atoms with Crippen molar-refractivity contribution in [3.05, 3.63) is 38.5 Å². The molecule has 2 aromatic heterocycles. The molecule has 9 heteroatoms. The van der Waals surface area contributed by atoms with Crippen LogP contribution in [0.25, 0.3) is 10.2 Å². The van der Waals surface area contributed by atoms with Gasteiger partial charge in [0.25, 0.3) is 5.91 Å². The van der Waals surface area contributed by atoms with Crippen molar-refractivity contribution in [1.82, 2.24) is 9.88 Å². The van der Waals surface area contributed by atoms with Crippen LogP contribution in [0.1, 0.15) is 24.2 Å². The average molecular weight is 458 g/mol. The molecule has 3 aromatic rings. The molecule has 1 amide bonds. The van der Waals surface area contributed by atoms with Gasteiger partial charge in [-0.2, -0.15) is 0 Å². The quantitative estimate of drug-likeness (QED) is 0.437. The molecule has 5 nitrogen and oxygen atoms in total. The summed E-state index contributed by atoms with van der Waals surface area (Å²) in [5, 5.41) is 0.620. The standard InChI is InChI=1S/C19H21Cl2N3O2S2/c1-4-23(5-2)9-10-24(18(25)12-11-15(20)28-17(12)21)19-22-16-13(26-3)7-6-8-14(16)27-19/h6-8,11H,4-5,9-10H2,1-3H3. The van der Waals surface area contributed by atoms with Gasteiger partial charge in [-0.15, -0.1) is 11.3 Å². The Labute approximate surface area is 182 Å². The lowest BCUT2D eigenvalue weighted by molar-refractivity contribution is 0.0984. The van der Waals surface area contributed by atoms with Crippen LogP contribution >= 0.6 is 45.9 Å². The number of anilines is 1. The van der Waals surface area contributed by atoms with Crippen LogP contribution in [-0.2, 0) is 0 Å². The molecule has 1 aromatic carbocycles. The molecule has 0 N–H and O–H groups in total. The molecule has 0 atom stereocenters. The normalized spacial score (nSPS) is 11.4. The first-order chi connectivity index (χ1) is 13.5. The van der Waals surface area contributed by atoms with Crippen LogP contribution in [0.3, 0.4) is 0 Å². The Bertz CT molecular complexity index is 969. The van der Waals surface area contributed by atoms with E-state index in [4.69, 9.17) is 32.9 Å². The lowest BCUT2D eigenvalue weighted by Crippen LogP contribution is -2.38. The number of aromatic nitrogens is 1. The zero-order chi connectivity index (χ0) is 20.3. The number of thiophene rings is 1. The van der Waals surface area contributed by atoms with Crippen LogP contribution in [0.5, 0.6) is 5.75 Å². The van der Waals surface area contributed by atoms with Crippen molar-refractivity contribution >= 4 is 67.1 Å². The number of methoxy groups -OCH3 is 1.